The fraction of sp³-hybridized carbons (Fsp3) is 0.455. The van der Waals surface area contributed by atoms with Crippen LogP contribution in [0.2, 0.25) is 0 Å². The van der Waals surface area contributed by atoms with Crippen LogP contribution in [-0.2, 0) is 11.3 Å². The van der Waals surface area contributed by atoms with Gasteiger partial charge in [0.1, 0.15) is 6.61 Å². The zero-order valence-corrected chi connectivity index (χ0v) is 17.3. The number of rotatable bonds is 5. The summed E-state index contributed by atoms with van der Waals surface area (Å²) in [6.45, 7) is 3.28. The summed E-state index contributed by atoms with van der Waals surface area (Å²) < 4.78 is 11.8. The molecule has 4 heterocycles. The Morgan fingerprint density at radius 3 is 2.83 bits per heavy atom. The van der Waals surface area contributed by atoms with E-state index in [1.165, 1.54) is 5.56 Å². The van der Waals surface area contributed by atoms with Gasteiger partial charge in [0.2, 0.25) is 5.91 Å². The van der Waals surface area contributed by atoms with E-state index < -0.39 is 0 Å². The lowest BCUT2D eigenvalue weighted by Gasteiger charge is -2.34. The third-order valence-electron chi connectivity index (χ3n) is 6.06. The van der Waals surface area contributed by atoms with Gasteiger partial charge >= 0.3 is 0 Å². The second-order valence-electron chi connectivity index (χ2n) is 7.92. The highest BCUT2D eigenvalue weighted by Crippen LogP contribution is 2.35. The van der Waals surface area contributed by atoms with Gasteiger partial charge in [-0.15, -0.1) is 0 Å². The first-order chi connectivity index (χ1) is 14.2. The van der Waals surface area contributed by atoms with Gasteiger partial charge in [0.05, 0.1) is 5.75 Å². The first-order valence-corrected chi connectivity index (χ1v) is 11.5. The molecule has 7 heteroatoms. The summed E-state index contributed by atoms with van der Waals surface area (Å²) in [5, 5.41) is 0. The number of fused-ring (bicyclic) bond motifs is 3. The molecule has 0 N–H and O–H groups in total. The highest BCUT2D eigenvalue weighted by atomic mass is 32.2. The Bertz CT molecular complexity index is 891. The highest BCUT2D eigenvalue weighted by molar-refractivity contribution is 7.99. The molecule has 2 fully saturated rings. The molecule has 152 valence electrons. The van der Waals surface area contributed by atoms with E-state index in [-0.39, 0.29) is 6.10 Å². The molecule has 1 aromatic carbocycles. The largest absolute Gasteiger partial charge is 0.484 e. The van der Waals surface area contributed by atoms with E-state index in [4.69, 9.17) is 9.47 Å². The second-order valence-corrected chi connectivity index (χ2v) is 8.78. The number of amides is 1. The number of hydrogen-bond donors (Lipinski definition) is 0. The van der Waals surface area contributed by atoms with Gasteiger partial charge < -0.3 is 14.4 Å². The van der Waals surface area contributed by atoms with Crippen molar-refractivity contribution >= 4 is 17.7 Å². The van der Waals surface area contributed by atoms with Crippen molar-refractivity contribution in [3.05, 3.63) is 53.7 Å². The van der Waals surface area contributed by atoms with Gasteiger partial charge in [0.15, 0.2) is 11.9 Å². The van der Waals surface area contributed by atoms with Crippen molar-refractivity contribution in [2.24, 2.45) is 0 Å². The Morgan fingerprint density at radius 2 is 2.07 bits per heavy atom. The monoisotopic (exact) mass is 411 g/mol. The van der Waals surface area contributed by atoms with E-state index in [1.54, 1.807) is 18.0 Å². The van der Waals surface area contributed by atoms with Gasteiger partial charge in [0, 0.05) is 37.9 Å². The van der Waals surface area contributed by atoms with Crippen LogP contribution in [0.25, 0.3) is 0 Å². The average molecular weight is 412 g/mol. The molecular formula is C22H25N3O3S. The van der Waals surface area contributed by atoms with E-state index in [2.05, 4.69) is 39.0 Å². The van der Waals surface area contributed by atoms with Crippen LogP contribution in [0.5, 0.6) is 11.6 Å². The topological polar surface area (TPSA) is 54.9 Å². The lowest BCUT2D eigenvalue weighted by molar-refractivity contribution is -0.130. The minimum absolute atomic E-state index is 0.134. The number of benzene rings is 1. The van der Waals surface area contributed by atoms with Crippen molar-refractivity contribution in [3.63, 3.8) is 0 Å². The number of pyridine rings is 1. The first-order valence-electron chi connectivity index (χ1n) is 10.1. The molecule has 29 heavy (non-hydrogen) atoms. The van der Waals surface area contributed by atoms with E-state index in [9.17, 15) is 4.79 Å². The summed E-state index contributed by atoms with van der Waals surface area (Å²) in [5.74, 6) is 2.15. The van der Waals surface area contributed by atoms with Crippen molar-refractivity contribution < 1.29 is 14.3 Å². The number of thioether (sulfide) groups is 1. The van der Waals surface area contributed by atoms with Crippen molar-refractivity contribution in [3.8, 4) is 11.6 Å². The number of nitrogens with zero attached hydrogens (tertiary/aromatic N) is 3. The standard InChI is InChI=1S/C22H25N3O3S/c1-29-14-21(26)25-12-17-9-18(25)11-24(17)10-15-4-6-16(7-5-15)20-13-27-19-3-2-8-23-22(19)28-20/h2-8,17-18,20H,9-14H2,1H3/t17-,18-,20+/m0/s1. The van der Waals surface area contributed by atoms with Crippen LogP contribution in [0.1, 0.15) is 23.7 Å². The van der Waals surface area contributed by atoms with E-state index in [1.807, 2.05) is 18.4 Å². The predicted octanol–water partition coefficient (Wildman–Crippen LogP) is 2.74. The van der Waals surface area contributed by atoms with Crippen LogP contribution in [-0.4, -0.2) is 64.5 Å². The maximum absolute atomic E-state index is 12.2. The van der Waals surface area contributed by atoms with Gasteiger partial charge in [-0.25, -0.2) is 4.98 Å². The number of aromatic nitrogens is 1. The molecule has 3 atom stereocenters. The van der Waals surface area contributed by atoms with Gasteiger partial charge in [-0.05, 0) is 35.9 Å². The molecule has 0 radical (unpaired) electrons. The van der Waals surface area contributed by atoms with Crippen LogP contribution in [0.15, 0.2) is 42.6 Å². The van der Waals surface area contributed by atoms with Crippen molar-refractivity contribution in [2.45, 2.75) is 31.2 Å². The average Bonchev–Trinajstić information content (AvgIpc) is 3.35. The molecule has 1 amide bonds. The fourth-order valence-corrected chi connectivity index (χ4v) is 5.01. The Kier molecular flexibility index (Phi) is 5.09. The summed E-state index contributed by atoms with van der Waals surface area (Å²) >= 11 is 1.61. The number of carbonyl (C=O) groups is 1. The second kappa shape index (κ2) is 7.88. The lowest BCUT2D eigenvalue weighted by Crippen LogP contribution is -2.48. The maximum atomic E-state index is 12.2. The molecule has 6 nitrogen and oxygen atoms in total. The zero-order valence-electron chi connectivity index (χ0n) is 16.5. The van der Waals surface area contributed by atoms with Gasteiger partial charge in [-0.2, -0.15) is 11.8 Å². The van der Waals surface area contributed by atoms with Crippen LogP contribution in [0, 0.1) is 0 Å². The third kappa shape index (κ3) is 3.69. The zero-order chi connectivity index (χ0) is 19.8. The molecule has 3 aliphatic rings. The minimum Gasteiger partial charge on any atom is -0.484 e. The molecule has 0 saturated carbocycles. The summed E-state index contributed by atoms with van der Waals surface area (Å²) in [6, 6.07) is 13.2. The molecule has 2 bridgehead atoms. The summed E-state index contributed by atoms with van der Waals surface area (Å²) in [4.78, 5) is 21.1. The summed E-state index contributed by atoms with van der Waals surface area (Å²) in [5.41, 5.74) is 2.39. The van der Waals surface area contributed by atoms with Gasteiger partial charge in [0.25, 0.3) is 5.88 Å². The third-order valence-corrected chi connectivity index (χ3v) is 6.60. The van der Waals surface area contributed by atoms with Gasteiger partial charge in [-0.1, -0.05) is 24.3 Å². The molecule has 2 saturated heterocycles. The van der Waals surface area contributed by atoms with E-state index >= 15 is 0 Å². The Morgan fingerprint density at radius 1 is 1.21 bits per heavy atom. The fourth-order valence-electron chi connectivity index (χ4n) is 4.60. The van der Waals surface area contributed by atoms with Crippen LogP contribution >= 0.6 is 11.8 Å². The van der Waals surface area contributed by atoms with E-state index in [0.29, 0.717) is 42.0 Å². The summed E-state index contributed by atoms with van der Waals surface area (Å²) in [7, 11) is 0. The number of carbonyl (C=O) groups excluding carboxylic acids is 1. The number of piperazine rings is 1. The molecule has 1 aromatic heterocycles. The highest BCUT2D eigenvalue weighted by Gasteiger charge is 2.44. The molecule has 0 aliphatic carbocycles. The minimum atomic E-state index is -0.134. The maximum Gasteiger partial charge on any atom is 0.257 e. The number of likely N-dealkylation sites (tertiary alicyclic amines) is 2. The number of hydrogen-bond acceptors (Lipinski definition) is 6. The van der Waals surface area contributed by atoms with E-state index in [0.717, 1.165) is 31.6 Å². The smallest absolute Gasteiger partial charge is 0.257 e. The Balaban J connectivity index is 1.19. The SMILES string of the molecule is CSCC(=O)N1C[C@@H]2C[C@H]1CN2Cc1ccc([C@H]2COc3cccnc3O2)cc1. The Labute approximate surface area is 175 Å². The normalized spacial score (nSPS) is 25.4. The van der Waals surface area contributed by atoms with Crippen molar-refractivity contribution in [1.29, 1.82) is 0 Å². The molecule has 0 unspecified atom stereocenters. The van der Waals surface area contributed by atoms with Crippen LogP contribution in [0.3, 0.4) is 0 Å². The molecule has 5 rings (SSSR count). The predicted molar refractivity (Wildman–Crippen MR) is 112 cm³/mol. The lowest BCUT2D eigenvalue weighted by atomic mass is 10.1. The molecule has 0 spiro atoms. The molecular weight excluding hydrogens is 386 g/mol. The number of ether oxygens (including phenoxy) is 2. The van der Waals surface area contributed by atoms with Crippen molar-refractivity contribution in [2.75, 3.05) is 31.7 Å². The quantitative estimate of drug-likeness (QED) is 0.754. The van der Waals surface area contributed by atoms with Gasteiger partial charge in [-0.3, -0.25) is 9.69 Å². The molecule has 3 aliphatic heterocycles. The van der Waals surface area contributed by atoms with Crippen LogP contribution in [0.4, 0.5) is 0 Å². The first kappa shape index (κ1) is 18.8. The summed E-state index contributed by atoms with van der Waals surface area (Å²) in [6.07, 6.45) is 4.68. The van der Waals surface area contributed by atoms with Crippen LogP contribution < -0.4 is 9.47 Å². The Hall–Kier alpha value is -2.25. The van der Waals surface area contributed by atoms with Crippen molar-refractivity contribution in [1.82, 2.24) is 14.8 Å². The molecule has 2 aromatic rings.